The maximum absolute atomic E-state index is 5.16. The molecule has 0 unspecified atom stereocenters. The lowest BCUT2D eigenvalue weighted by atomic mass is 10.1. The zero-order valence-electron chi connectivity index (χ0n) is 8.05. The molecule has 0 radical (unpaired) electrons. The smallest absolute Gasteiger partial charge is 0.0993 e. The molecule has 1 aliphatic carbocycles. The van der Waals surface area contributed by atoms with Crippen LogP contribution in [0.25, 0.3) is 0 Å². The number of rotatable bonds is 3. The van der Waals surface area contributed by atoms with Crippen LogP contribution in [0, 0.1) is 0 Å². The Hall–Kier alpha value is -0.0800. The van der Waals surface area contributed by atoms with Crippen molar-refractivity contribution in [2.75, 3.05) is 13.8 Å². The van der Waals surface area contributed by atoms with Crippen LogP contribution in [0.3, 0.4) is 0 Å². The number of nitrogens with zero attached hydrogens (tertiary/aromatic N) is 1. The van der Waals surface area contributed by atoms with Crippen molar-refractivity contribution in [3.8, 4) is 0 Å². The van der Waals surface area contributed by atoms with E-state index in [4.69, 9.17) is 4.74 Å². The molecule has 0 saturated heterocycles. The SMILES string of the molecule is COCN(C1CC1)C(C)(C)C. The van der Waals surface area contributed by atoms with Crippen molar-refractivity contribution in [1.29, 1.82) is 0 Å². The molecule has 2 nitrogen and oxygen atoms in total. The summed E-state index contributed by atoms with van der Waals surface area (Å²) in [5.74, 6) is 0. The molecule has 0 amide bonds. The number of ether oxygens (including phenoxy) is 1. The predicted molar refractivity (Wildman–Crippen MR) is 46.5 cm³/mol. The highest BCUT2D eigenvalue weighted by molar-refractivity contribution is 4.89. The molecule has 0 N–H and O–H groups in total. The van der Waals surface area contributed by atoms with Gasteiger partial charge in [-0.05, 0) is 33.6 Å². The Morgan fingerprint density at radius 2 is 1.91 bits per heavy atom. The molecular formula is C9H19NO. The molecule has 0 atom stereocenters. The number of hydrogen-bond acceptors (Lipinski definition) is 2. The second-order valence-electron chi connectivity index (χ2n) is 4.29. The van der Waals surface area contributed by atoms with E-state index in [0.717, 1.165) is 12.8 Å². The van der Waals surface area contributed by atoms with E-state index in [2.05, 4.69) is 25.7 Å². The molecule has 2 heteroatoms. The van der Waals surface area contributed by atoms with Crippen LogP contribution in [-0.4, -0.2) is 30.3 Å². The van der Waals surface area contributed by atoms with Crippen LogP contribution in [0.15, 0.2) is 0 Å². The van der Waals surface area contributed by atoms with Gasteiger partial charge in [-0.1, -0.05) is 0 Å². The normalized spacial score (nSPS) is 19.4. The van der Waals surface area contributed by atoms with Crippen LogP contribution in [0.1, 0.15) is 33.6 Å². The van der Waals surface area contributed by atoms with Gasteiger partial charge in [-0.3, -0.25) is 4.90 Å². The van der Waals surface area contributed by atoms with Gasteiger partial charge >= 0.3 is 0 Å². The maximum Gasteiger partial charge on any atom is 0.0993 e. The average molecular weight is 157 g/mol. The Balaban J connectivity index is 2.44. The van der Waals surface area contributed by atoms with Gasteiger partial charge in [0, 0.05) is 18.7 Å². The minimum atomic E-state index is 0.261. The van der Waals surface area contributed by atoms with Crippen molar-refractivity contribution < 1.29 is 4.74 Å². The van der Waals surface area contributed by atoms with Crippen LogP contribution >= 0.6 is 0 Å². The van der Waals surface area contributed by atoms with E-state index in [1.54, 1.807) is 7.11 Å². The first-order valence-corrected chi connectivity index (χ1v) is 4.31. The lowest BCUT2D eigenvalue weighted by Crippen LogP contribution is -2.44. The molecule has 1 saturated carbocycles. The standard InChI is InChI=1S/C9H19NO/c1-9(2,3)10(7-11-4)8-5-6-8/h8H,5-7H2,1-4H3. The summed E-state index contributed by atoms with van der Waals surface area (Å²) in [4.78, 5) is 2.42. The van der Waals surface area contributed by atoms with Gasteiger partial charge in [-0.25, -0.2) is 0 Å². The molecule has 1 aliphatic rings. The van der Waals surface area contributed by atoms with E-state index in [1.807, 2.05) is 0 Å². The van der Waals surface area contributed by atoms with Crippen LogP contribution in [0.5, 0.6) is 0 Å². The fourth-order valence-corrected chi connectivity index (χ4v) is 1.37. The van der Waals surface area contributed by atoms with Gasteiger partial charge in [-0.15, -0.1) is 0 Å². The highest BCUT2D eigenvalue weighted by Gasteiger charge is 2.35. The van der Waals surface area contributed by atoms with Crippen molar-refractivity contribution >= 4 is 0 Å². The van der Waals surface area contributed by atoms with Gasteiger partial charge in [0.2, 0.25) is 0 Å². The molecule has 66 valence electrons. The first-order valence-electron chi connectivity index (χ1n) is 4.31. The summed E-state index contributed by atoms with van der Waals surface area (Å²) in [6.45, 7) is 7.49. The maximum atomic E-state index is 5.16. The second-order valence-corrected chi connectivity index (χ2v) is 4.29. The molecule has 0 aliphatic heterocycles. The molecule has 0 aromatic heterocycles. The van der Waals surface area contributed by atoms with Gasteiger partial charge < -0.3 is 4.74 Å². The highest BCUT2D eigenvalue weighted by Crippen LogP contribution is 2.32. The molecule has 0 bridgehead atoms. The summed E-state index contributed by atoms with van der Waals surface area (Å²) >= 11 is 0. The van der Waals surface area contributed by atoms with Gasteiger partial charge in [-0.2, -0.15) is 0 Å². The van der Waals surface area contributed by atoms with E-state index in [1.165, 1.54) is 12.8 Å². The molecule has 0 spiro atoms. The molecule has 1 rings (SSSR count). The third kappa shape index (κ3) is 2.46. The summed E-state index contributed by atoms with van der Waals surface area (Å²) in [6, 6.07) is 0.787. The van der Waals surface area contributed by atoms with Crippen molar-refractivity contribution in [1.82, 2.24) is 4.90 Å². The highest BCUT2D eigenvalue weighted by atomic mass is 16.5. The van der Waals surface area contributed by atoms with Gasteiger partial charge in [0.25, 0.3) is 0 Å². The van der Waals surface area contributed by atoms with Gasteiger partial charge in [0.1, 0.15) is 0 Å². The third-order valence-electron chi connectivity index (χ3n) is 2.12. The van der Waals surface area contributed by atoms with E-state index < -0.39 is 0 Å². The topological polar surface area (TPSA) is 12.5 Å². The van der Waals surface area contributed by atoms with Crippen LogP contribution in [-0.2, 0) is 4.74 Å². The minimum Gasteiger partial charge on any atom is -0.369 e. The van der Waals surface area contributed by atoms with Crippen molar-refractivity contribution in [3.63, 3.8) is 0 Å². The van der Waals surface area contributed by atoms with Crippen molar-refractivity contribution in [2.45, 2.75) is 45.2 Å². The lowest BCUT2D eigenvalue weighted by molar-refractivity contribution is -0.000980. The van der Waals surface area contributed by atoms with Crippen LogP contribution in [0.2, 0.25) is 0 Å². The fourth-order valence-electron chi connectivity index (χ4n) is 1.37. The zero-order chi connectivity index (χ0) is 8.48. The largest absolute Gasteiger partial charge is 0.369 e. The van der Waals surface area contributed by atoms with E-state index in [-0.39, 0.29) is 5.54 Å². The number of methoxy groups -OCH3 is 1. The van der Waals surface area contributed by atoms with Crippen LogP contribution < -0.4 is 0 Å². The van der Waals surface area contributed by atoms with Crippen molar-refractivity contribution in [2.24, 2.45) is 0 Å². The summed E-state index contributed by atoms with van der Waals surface area (Å²) in [7, 11) is 1.76. The monoisotopic (exact) mass is 157 g/mol. The fraction of sp³-hybridized carbons (Fsp3) is 1.00. The lowest BCUT2D eigenvalue weighted by Gasteiger charge is -2.34. The molecule has 0 heterocycles. The quantitative estimate of drug-likeness (QED) is 0.580. The Labute approximate surface area is 69.5 Å². The van der Waals surface area contributed by atoms with E-state index in [0.29, 0.717) is 0 Å². The molecular weight excluding hydrogens is 138 g/mol. The first-order chi connectivity index (χ1) is 5.05. The van der Waals surface area contributed by atoms with Gasteiger partial charge in [0.05, 0.1) is 6.73 Å². The summed E-state index contributed by atoms with van der Waals surface area (Å²) < 4.78 is 5.16. The summed E-state index contributed by atoms with van der Waals surface area (Å²) in [5, 5.41) is 0. The third-order valence-corrected chi connectivity index (χ3v) is 2.12. The van der Waals surface area contributed by atoms with Gasteiger partial charge in [0.15, 0.2) is 0 Å². The average Bonchev–Trinajstić information content (AvgIpc) is 2.61. The summed E-state index contributed by atoms with van der Waals surface area (Å²) in [5.41, 5.74) is 0.261. The molecule has 11 heavy (non-hydrogen) atoms. The minimum absolute atomic E-state index is 0.261. The molecule has 0 aromatic rings. The molecule has 0 aromatic carbocycles. The van der Waals surface area contributed by atoms with E-state index >= 15 is 0 Å². The van der Waals surface area contributed by atoms with E-state index in [9.17, 15) is 0 Å². The Morgan fingerprint density at radius 1 is 1.36 bits per heavy atom. The molecule has 1 fully saturated rings. The van der Waals surface area contributed by atoms with Crippen molar-refractivity contribution in [3.05, 3.63) is 0 Å². The summed E-state index contributed by atoms with van der Waals surface area (Å²) in [6.07, 6.45) is 2.70. The Morgan fingerprint density at radius 3 is 2.18 bits per heavy atom. The Kier molecular flexibility index (Phi) is 2.55. The predicted octanol–water partition coefficient (Wildman–Crippen LogP) is 1.85. The Bertz CT molecular complexity index is 124. The zero-order valence-corrected chi connectivity index (χ0v) is 8.05. The second kappa shape index (κ2) is 3.11. The number of hydrogen-bond donors (Lipinski definition) is 0. The first kappa shape index (κ1) is 9.01. The van der Waals surface area contributed by atoms with Crippen LogP contribution in [0.4, 0.5) is 0 Å².